The number of halogens is 3. The van der Waals surface area contributed by atoms with Gasteiger partial charge in [0.25, 0.3) is 11.1 Å². The van der Waals surface area contributed by atoms with Crippen LogP contribution >= 0.6 is 11.6 Å². The lowest BCUT2D eigenvalue weighted by molar-refractivity contribution is -0.0493. The molecule has 0 aliphatic carbocycles. The second-order valence-electron chi connectivity index (χ2n) is 5.35. The Morgan fingerprint density at radius 2 is 2.00 bits per heavy atom. The van der Waals surface area contributed by atoms with Gasteiger partial charge in [0.2, 0.25) is 5.88 Å². The summed E-state index contributed by atoms with van der Waals surface area (Å²) in [5.74, 6) is 0.167. The standard InChI is InChI=1S/C8H9F2NO.C7H6ClN5O4S/c1-5-3-2-4-6(7(5)11)12-8(9)10;1-17-5-2-4(8)10-6(11-5)13-3-9-7(12-13)18(14,15)16/h2-4,8H,11H2,1H3;2-3H,1H3,(H,14,15,16). The number of benzene rings is 1. The number of alkyl halides is 2. The van der Waals surface area contributed by atoms with Crippen LogP contribution in [0.25, 0.3) is 5.95 Å². The maximum absolute atomic E-state index is 11.8. The number of methoxy groups -OCH3 is 1. The van der Waals surface area contributed by atoms with Crippen molar-refractivity contribution in [1.82, 2.24) is 24.7 Å². The molecule has 0 spiro atoms. The first-order valence-electron chi connectivity index (χ1n) is 7.79. The Hall–Kier alpha value is -3.10. The Labute approximate surface area is 174 Å². The second-order valence-corrected chi connectivity index (χ2v) is 7.05. The lowest BCUT2D eigenvalue weighted by Gasteiger charge is -2.08. The van der Waals surface area contributed by atoms with E-state index < -0.39 is 21.9 Å². The summed E-state index contributed by atoms with van der Waals surface area (Å²) in [6.07, 6.45) is 1.02. The van der Waals surface area contributed by atoms with E-state index in [0.29, 0.717) is 0 Å². The molecular weight excluding hydrogens is 450 g/mol. The number of nitrogen functional groups attached to an aromatic ring is 1. The molecule has 0 aliphatic rings. The van der Waals surface area contributed by atoms with Crippen LogP contribution in [-0.4, -0.2) is 51.4 Å². The molecule has 0 fully saturated rings. The Bertz CT molecular complexity index is 1130. The highest BCUT2D eigenvalue weighted by Gasteiger charge is 2.17. The summed E-state index contributed by atoms with van der Waals surface area (Å²) in [6.45, 7) is -1.10. The molecule has 0 amide bonds. The molecule has 15 heteroatoms. The molecule has 3 N–H and O–H groups in total. The summed E-state index contributed by atoms with van der Waals surface area (Å²) in [4.78, 5) is 11.1. The smallest absolute Gasteiger partial charge is 0.387 e. The largest absolute Gasteiger partial charge is 0.481 e. The Kier molecular flexibility index (Phi) is 7.42. The molecule has 30 heavy (non-hydrogen) atoms. The Balaban J connectivity index is 0.000000232. The summed E-state index contributed by atoms with van der Waals surface area (Å²) < 4.78 is 63.8. The molecular formula is C15H15ClF2N6O5S. The fourth-order valence-electron chi connectivity index (χ4n) is 1.91. The molecule has 1 aromatic carbocycles. The quantitative estimate of drug-likeness (QED) is 0.326. The van der Waals surface area contributed by atoms with Gasteiger partial charge in [0.05, 0.1) is 12.8 Å². The minimum absolute atomic E-state index is 0.0324. The van der Waals surface area contributed by atoms with Crippen LogP contribution in [0.15, 0.2) is 35.7 Å². The normalized spacial score (nSPS) is 11.0. The van der Waals surface area contributed by atoms with Gasteiger partial charge in [0.1, 0.15) is 17.2 Å². The zero-order valence-electron chi connectivity index (χ0n) is 15.4. The summed E-state index contributed by atoms with van der Waals surface area (Å²) in [7, 11) is -3.10. The molecule has 0 aliphatic heterocycles. The third-order valence-electron chi connectivity index (χ3n) is 3.28. The van der Waals surface area contributed by atoms with Crippen LogP contribution in [0.2, 0.25) is 5.15 Å². The summed E-state index contributed by atoms with van der Waals surface area (Å²) in [5.41, 5.74) is 6.46. The van der Waals surface area contributed by atoms with Crippen LogP contribution in [0, 0.1) is 6.92 Å². The highest BCUT2D eigenvalue weighted by atomic mass is 35.5. The van der Waals surface area contributed by atoms with Crippen LogP contribution in [-0.2, 0) is 10.1 Å². The first-order valence-corrected chi connectivity index (χ1v) is 9.61. The molecule has 0 unspecified atom stereocenters. The zero-order chi connectivity index (χ0) is 22.5. The molecule has 0 radical (unpaired) electrons. The van der Waals surface area contributed by atoms with Crippen molar-refractivity contribution < 1.29 is 31.2 Å². The van der Waals surface area contributed by atoms with E-state index in [4.69, 9.17) is 26.6 Å². The molecule has 0 bridgehead atoms. The SMILES string of the molecule is COc1cc(Cl)nc(-n2cnc(S(=O)(=O)O)n2)n1.Cc1cccc(OC(F)F)c1N. The summed E-state index contributed by atoms with van der Waals surface area (Å²) in [6, 6.07) is 6.12. The van der Waals surface area contributed by atoms with E-state index in [2.05, 4.69) is 24.8 Å². The third-order valence-corrected chi connectivity index (χ3v) is 4.12. The topological polar surface area (TPSA) is 155 Å². The van der Waals surface area contributed by atoms with E-state index in [1.54, 1.807) is 19.1 Å². The lowest BCUT2D eigenvalue weighted by Crippen LogP contribution is -2.06. The van der Waals surface area contributed by atoms with E-state index in [9.17, 15) is 17.2 Å². The number of hydrogen-bond donors (Lipinski definition) is 2. The van der Waals surface area contributed by atoms with Gasteiger partial charge in [-0.2, -0.15) is 31.8 Å². The van der Waals surface area contributed by atoms with E-state index >= 15 is 0 Å². The maximum atomic E-state index is 11.8. The third kappa shape index (κ3) is 6.20. The average molecular weight is 465 g/mol. The predicted molar refractivity (Wildman–Crippen MR) is 101 cm³/mol. The number of nitrogens with zero attached hydrogens (tertiary/aromatic N) is 5. The lowest BCUT2D eigenvalue weighted by atomic mass is 10.2. The predicted octanol–water partition coefficient (Wildman–Crippen LogP) is 2.14. The highest BCUT2D eigenvalue weighted by molar-refractivity contribution is 7.85. The molecule has 0 saturated carbocycles. The number of ether oxygens (including phenoxy) is 2. The summed E-state index contributed by atoms with van der Waals surface area (Å²) in [5, 5.41) is 2.82. The molecule has 2 heterocycles. The van der Waals surface area contributed by atoms with Gasteiger partial charge < -0.3 is 15.2 Å². The van der Waals surface area contributed by atoms with E-state index in [1.807, 2.05) is 0 Å². The number of hydrogen-bond acceptors (Lipinski definition) is 9. The van der Waals surface area contributed by atoms with Crippen molar-refractivity contribution in [1.29, 1.82) is 0 Å². The van der Waals surface area contributed by atoms with Crippen LogP contribution in [0.1, 0.15) is 5.56 Å². The van der Waals surface area contributed by atoms with Crippen molar-refractivity contribution >= 4 is 27.4 Å². The van der Waals surface area contributed by atoms with Crippen LogP contribution < -0.4 is 15.2 Å². The molecule has 11 nitrogen and oxygen atoms in total. The van der Waals surface area contributed by atoms with Gasteiger partial charge in [-0.3, -0.25) is 4.55 Å². The monoisotopic (exact) mass is 464 g/mol. The summed E-state index contributed by atoms with van der Waals surface area (Å²) >= 11 is 5.72. The second kappa shape index (κ2) is 9.60. The van der Waals surface area contributed by atoms with E-state index in [1.165, 1.54) is 19.2 Å². The number of aryl methyl sites for hydroxylation is 1. The average Bonchev–Trinajstić information content (AvgIpc) is 3.16. The van der Waals surface area contributed by atoms with Crippen LogP contribution in [0.4, 0.5) is 14.5 Å². The van der Waals surface area contributed by atoms with Crippen molar-refractivity contribution in [2.75, 3.05) is 12.8 Å². The number of aromatic nitrogens is 5. The fraction of sp³-hybridized carbons (Fsp3) is 0.200. The van der Waals surface area contributed by atoms with Crippen molar-refractivity contribution in [3.8, 4) is 17.6 Å². The van der Waals surface area contributed by atoms with Crippen molar-refractivity contribution in [2.24, 2.45) is 0 Å². The first kappa shape index (κ1) is 23.2. The van der Waals surface area contributed by atoms with Gasteiger partial charge in [0, 0.05) is 6.07 Å². The molecule has 0 atom stereocenters. The van der Waals surface area contributed by atoms with Gasteiger partial charge in [-0.05, 0) is 18.6 Å². The Morgan fingerprint density at radius 3 is 2.57 bits per heavy atom. The first-order chi connectivity index (χ1) is 14.0. The van der Waals surface area contributed by atoms with Crippen molar-refractivity contribution in [3.05, 3.63) is 41.3 Å². The van der Waals surface area contributed by atoms with Gasteiger partial charge in [0.15, 0.2) is 0 Å². The van der Waals surface area contributed by atoms with E-state index in [-0.39, 0.29) is 28.4 Å². The van der Waals surface area contributed by atoms with Crippen LogP contribution in [0.5, 0.6) is 11.6 Å². The van der Waals surface area contributed by atoms with Crippen LogP contribution in [0.3, 0.4) is 0 Å². The highest BCUT2D eigenvalue weighted by Crippen LogP contribution is 2.25. The molecule has 162 valence electrons. The van der Waals surface area contributed by atoms with Gasteiger partial charge in [-0.25, -0.2) is 4.98 Å². The van der Waals surface area contributed by atoms with Crippen molar-refractivity contribution in [2.45, 2.75) is 18.7 Å². The maximum Gasteiger partial charge on any atom is 0.387 e. The molecule has 3 rings (SSSR count). The number of nitrogens with two attached hydrogens (primary N) is 1. The fourth-order valence-corrected chi connectivity index (χ4v) is 2.45. The Morgan fingerprint density at radius 1 is 1.30 bits per heavy atom. The van der Waals surface area contributed by atoms with Gasteiger partial charge in [-0.1, -0.05) is 23.7 Å². The van der Waals surface area contributed by atoms with E-state index in [0.717, 1.165) is 16.6 Å². The van der Waals surface area contributed by atoms with Gasteiger partial charge in [-0.15, -0.1) is 5.10 Å². The zero-order valence-corrected chi connectivity index (χ0v) is 17.0. The van der Waals surface area contributed by atoms with Gasteiger partial charge >= 0.3 is 16.7 Å². The molecule has 0 saturated heterocycles. The van der Waals surface area contributed by atoms with Crippen molar-refractivity contribution in [3.63, 3.8) is 0 Å². The number of para-hydroxylation sites is 1. The number of anilines is 1. The molecule has 3 aromatic rings. The minimum atomic E-state index is -4.48. The number of rotatable bonds is 5. The minimum Gasteiger partial charge on any atom is -0.481 e. The molecule has 2 aromatic heterocycles.